The predicted molar refractivity (Wildman–Crippen MR) is 66.1 cm³/mol. The van der Waals surface area contributed by atoms with Gasteiger partial charge in [-0.1, -0.05) is 42.0 Å². The third-order valence-electron chi connectivity index (χ3n) is 2.78. The quantitative estimate of drug-likeness (QED) is 0.626. The fraction of sp³-hybridized carbons (Fsp3) is 0.200. The first-order chi connectivity index (χ1) is 7.33. The molecule has 1 aliphatic carbocycles. The molecule has 0 spiro atoms. The normalized spacial score (nSPS) is 16.0. The molecule has 0 unspecified atom stereocenters. The zero-order chi connectivity index (χ0) is 10.7. The van der Waals surface area contributed by atoms with Gasteiger partial charge >= 0.3 is 0 Å². The standard InChI is InChI=1S/C15H14/c1-3-4-7-12(2)14-11-10-13-8-5-6-9-15(13)14/h1,5-6,8-11H,4,7H2,2H3/b14-12+. The van der Waals surface area contributed by atoms with Crippen molar-refractivity contribution in [2.75, 3.05) is 0 Å². The first-order valence-corrected chi connectivity index (χ1v) is 5.23. The Bertz CT molecular complexity index is 467. The van der Waals surface area contributed by atoms with Gasteiger partial charge in [0.25, 0.3) is 0 Å². The van der Waals surface area contributed by atoms with Crippen LogP contribution in [-0.4, -0.2) is 0 Å². The molecule has 1 aromatic carbocycles. The molecule has 0 heteroatoms. The van der Waals surface area contributed by atoms with Crippen molar-refractivity contribution in [3.8, 4) is 12.3 Å². The third-order valence-corrected chi connectivity index (χ3v) is 2.78. The summed E-state index contributed by atoms with van der Waals surface area (Å²) in [6.07, 6.45) is 11.5. The average Bonchev–Trinajstić information content (AvgIpc) is 2.69. The molecule has 0 saturated heterocycles. The maximum absolute atomic E-state index is 5.28. The van der Waals surface area contributed by atoms with E-state index in [1.54, 1.807) is 0 Å². The minimum absolute atomic E-state index is 0.825. The number of fused-ring (bicyclic) bond motifs is 1. The Hall–Kier alpha value is -1.74. The van der Waals surface area contributed by atoms with Gasteiger partial charge in [-0.25, -0.2) is 0 Å². The summed E-state index contributed by atoms with van der Waals surface area (Å²) in [7, 11) is 0. The molecule has 0 fully saturated rings. The van der Waals surface area contributed by atoms with Crippen LogP contribution in [0.5, 0.6) is 0 Å². The topological polar surface area (TPSA) is 0 Å². The second kappa shape index (κ2) is 4.19. The number of hydrogen-bond donors (Lipinski definition) is 0. The Balaban J connectivity index is 2.35. The van der Waals surface area contributed by atoms with E-state index in [1.807, 2.05) is 0 Å². The van der Waals surface area contributed by atoms with E-state index in [-0.39, 0.29) is 0 Å². The SMILES string of the molecule is C#CCC/C(C)=C1\C=Cc2ccccc21. The molecule has 0 bridgehead atoms. The largest absolute Gasteiger partial charge is 0.120 e. The van der Waals surface area contributed by atoms with Crippen molar-refractivity contribution in [2.45, 2.75) is 19.8 Å². The van der Waals surface area contributed by atoms with E-state index in [4.69, 9.17) is 6.42 Å². The van der Waals surface area contributed by atoms with Gasteiger partial charge in [0.1, 0.15) is 0 Å². The average molecular weight is 194 g/mol. The highest BCUT2D eigenvalue weighted by Crippen LogP contribution is 2.32. The lowest BCUT2D eigenvalue weighted by molar-refractivity contribution is 1.01. The predicted octanol–water partition coefficient (Wildman–Crippen LogP) is 3.90. The van der Waals surface area contributed by atoms with Crippen LogP contribution in [0.25, 0.3) is 11.6 Å². The Labute approximate surface area is 91.3 Å². The van der Waals surface area contributed by atoms with Crippen molar-refractivity contribution >= 4 is 11.6 Å². The zero-order valence-corrected chi connectivity index (χ0v) is 8.96. The lowest BCUT2D eigenvalue weighted by atomic mass is 9.99. The highest BCUT2D eigenvalue weighted by atomic mass is 14.1. The molecule has 0 N–H and O–H groups in total. The van der Waals surface area contributed by atoms with Crippen molar-refractivity contribution in [2.24, 2.45) is 0 Å². The molecular formula is C15H14. The lowest BCUT2D eigenvalue weighted by Gasteiger charge is -2.05. The third kappa shape index (κ3) is 1.87. The van der Waals surface area contributed by atoms with E-state index >= 15 is 0 Å². The second-order valence-electron chi connectivity index (χ2n) is 3.82. The molecule has 1 aliphatic rings. The van der Waals surface area contributed by atoms with Gasteiger partial charge < -0.3 is 0 Å². The molecule has 0 aromatic heterocycles. The van der Waals surface area contributed by atoms with Crippen LogP contribution in [0.15, 0.2) is 35.9 Å². The van der Waals surface area contributed by atoms with Crippen LogP contribution in [0.3, 0.4) is 0 Å². The molecule has 1 aromatic rings. The van der Waals surface area contributed by atoms with Gasteiger partial charge in [-0.2, -0.15) is 0 Å². The van der Waals surface area contributed by atoms with Gasteiger partial charge in [0.05, 0.1) is 0 Å². The van der Waals surface area contributed by atoms with Crippen LogP contribution in [0.1, 0.15) is 30.9 Å². The Morgan fingerprint density at radius 1 is 1.27 bits per heavy atom. The Morgan fingerprint density at radius 2 is 2.07 bits per heavy atom. The lowest BCUT2D eigenvalue weighted by Crippen LogP contribution is -1.85. The summed E-state index contributed by atoms with van der Waals surface area (Å²) in [6.45, 7) is 2.17. The fourth-order valence-electron chi connectivity index (χ4n) is 1.92. The molecular weight excluding hydrogens is 180 g/mol. The second-order valence-corrected chi connectivity index (χ2v) is 3.82. The van der Waals surface area contributed by atoms with Crippen LogP contribution in [0.4, 0.5) is 0 Å². The molecule has 0 saturated carbocycles. The summed E-state index contributed by atoms with van der Waals surface area (Å²) in [5, 5.41) is 0. The van der Waals surface area contributed by atoms with E-state index in [0.29, 0.717) is 0 Å². The van der Waals surface area contributed by atoms with Crippen LogP contribution in [-0.2, 0) is 0 Å². The maximum Gasteiger partial charge on any atom is 0.0123 e. The Morgan fingerprint density at radius 3 is 2.87 bits per heavy atom. The number of terminal acetylenes is 1. The van der Waals surface area contributed by atoms with Crippen molar-refractivity contribution < 1.29 is 0 Å². The van der Waals surface area contributed by atoms with Crippen molar-refractivity contribution in [1.29, 1.82) is 0 Å². The van der Waals surface area contributed by atoms with Crippen LogP contribution in [0.2, 0.25) is 0 Å². The summed E-state index contributed by atoms with van der Waals surface area (Å²) >= 11 is 0. The molecule has 0 aliphatic heterocycles. The van der Waals surface area contributed by atoms with Gasteiger partial charge in [-0.05, 0) is 30.0 Å². The monoisotopic (exact) mass is 194 g/mol. The van der Waals surface area contributed by atoms with Crippen LogP contribution < -0.4 is 0 Å². The smallest absolute Gasteiger partial charge is 0.0123 e. The molecule has 15 heavy (non-hydrogen) atoms. The molecule has 2 rings (SSSR count). The van der Waals surface area contributed by atoms with Crippen molar-refractivity contribution in [1.82, 2.24) is 0 Å². The van der Waals surface area contributed by atoms with Gasteiger partial charge in [-0.3, -0.25) is 0 Å². The molecule has 0 nitrogen and oxygen atoms in total. The molecule has 0 radical (unpaired) electrons. The van der Waals surface area contributed by atoms with Crippen LogP contribution >= 0.6 is 0 Å². The van der Waals surface area contributed by atoms with Gasteiger partial charge in [0, 0.05) is 6.42 Å². The van der Waals surface area contributed by atoms with Gasteiger partial charge in [0.15, 0.2) is 0 Å². The number of hydrogen-bond acceptors (Lipinski definition) is 0. The summed E-state index contributed by atoms with van der Waals surface area (Å²) in [5.41, 5.74) is 5.38. The number of benzene rings is 1. The first-order valence-electron chi connectivity index (χ1n) is 5.23. The summed E-state index contributed by atoms with van der Waals surface area (Å²) in [6, 6.07) is 8.47. The first kappa shape index (κ1) is 9.80. The molecule has 0 atom stereocenters. The number of rotatable bonds is 2. The van der Waals surface area contributed by atoms with E-state index in [1.165, 1.54) is 22.3 Å². The van der Waals surface area contributed by atoms with E-state index in [0.717, 1.165) is 12.8 Å². The minimum Gasteiger partial charge on any atom is -0.120 e. The van der Waals surface area contributed by atoms with E-state index in [2.05, 4.69) is 49.3 Å². The van der Waals surface area contributed by atoms with E-state index < -0.39 is 0 Å². The van der Waals surface area contributed by atoms with Crippen molar-refractivity contribution in [3.63, 3.8) is 0 Å². The summed E-state index contributed by atoms with van der Waals surface area (Å²) in [5.74, 6) is 2.69. The number of allylic oxidation sites excluding steroid dienone is 3. The highest BCUT2D eigenvalue weighted by molar-refractivity contribution is 5.91. The minimum atomic E-state index is 0.825. The summed E-state index contributed by atoms with van der Waals surface area (Å²) in [4.78, 5) is 0. The molecule has 0 heterocycles. The van der Waals surface area contributed by atoms with Gasteiger partial charge in [0.2, 0.25) is 0 Å². The maximum atomic E-state index is 5.28. The Kier molecular flexibility index (Phi) is 2.74. The van der Waals surface area contributed by atoms with E-state index in [9.17, 15) is 0 Å². The fourth-order valence-corrected chi connectivity index (χ4v) is 1.92. The van der Waals surface area contributed by atoms with Crippen LogP contribution in [0, 0.1) is 12.3 Å². The molecule has 0 amide bonds. The molecule has 74 valence electrons. The highest BCUT2D eigenvalue weighted by Gasteiger charge is 2.11. The van der Waals surface area contributed by atoms with Crippen molar-refractivity contribution in [3.05, 3.63) is 47.0 Å². The summed E-state index contributed by atoms with van der Waals surface area (Å²) < 4.78 is 0. The zero-order valence-electron chi connectivity index (χ0n) is 8.96. The van der Waals surface area contributed by atoms with Gasteiger partial charge in [-0.15, -0.1) is 12.3 Å².